The summed E-state index contributed by atoms with van der Waals surface area (Å²) in [6.45, 7) is 0.0223. The highest BCUT2D eigenvalue weighted by molar-refractivity contribution is 7.90. The topological polar surface area (TPSA) is 135 Å². The standard InChI is InChI=1S/C32H33N3O7S/c1-43(39,40)28-14-8-13-26(19-28)29-17-18-30(42-29)32(38)34-22-33-31(37)27(16-15-24-9-4-2-5-10-24)20-35(23-36)41-21-25-11-6-3-7-12-25/h2-14,17-19,23,27H,15-16,20-22H2,1H3,(H,33,37)(H,34,38)/t27-/m1/s1. The molecular weight excluding hydrogens is 570 g/mol. The molecule has 1 aromatic heterocycles. The molecule has 11 heteroatoms. The first-order valence-electron chi connectivity index (χ1n) is 13.6. The van der Waals surface area contributed by atoms with E-state index in [2.05, 4.69) is 10.6 Å². The van der Waals surface area contributed by atoms with Gasteiger partial charge in [0.15, 0.2) is 15.6 Å². The predicted octanol–water partition coefficient (Wildman–Crippen LogP) is 3.99. The second-order valence-electron chi connectivity index (χ2n) is 9.87. The number of benzene rings is 3. The number of aryl methyl sites for hydroxylation is 1. The van der Waals surface area contributed by atoms with Crippen molar-refractivity contribution in [1.29, 1.82) is 0 Å². The summed E-state index contributed by atoms with van der Waals surface area (Å²) >= 11 is 0. The number of furan rings is 1. The lowest BCUT2D eigenvalue weighted by atomic mass is 9.98. The van der Waals surface area contributed by atoms with E-state index >= 15 is 0 Å². The number of amides is 3. The van der Waals surface area contributed by atoms with Gasteiger partial charge in [-0.05, 0) is 48.2 Å². The first-order chi connectivity index (χ1) is 20.7. The summed E-state index contributed by atoms with van der Waals surface area (Å²) in [6, 6.07) is 28.3. The van der Waals surface area contributed by atoms with Crippen LogP contribution in [0.15, 0.2) is 106 Å². The maximum atomic E-state index is 13.2. The van der Waals surface area contributed by atoms with Crippen molar-refractivity contribution in [2.24, 2.45) is 5.92 Å². The molecule has 3 amide bonds. The van der Waals surface area contributed by atoms with Crippen LogP contribution in [0.4, 0.5) is 0 Å². The zero-order valence-corrected chi connectivity index (χ0v) is 24.5. The minimum atomic E-state index is -3.41. The van der Waals surface area contributed by atoms with Gasteiger partial charge < -0.3 is 15.1 Å². The Hall–Kier alpha value is -4.74. The molecular formula is C32H33N3O7S. The molecule has 0 radical (unpaired) electrons. The number of hydroxylamine groups is 2. The van der Waals surface area contributed by atoms with Crippen molar-refractivity contribution < 1.29 is 32.1 Å². The van der Waals surface area contributed by atoms with Crippen molar-refractivity contribution >= 4 is 28.1 Å². The number of nitrogens with zero attached hydrogens (tertiary/aromatic N) is 1. The molecule has 0 unspecified atom stereocenters. The highest BCUT2D eigenvalue weighted by Gasteiger charge is 2.23. The number of rotatable bonds is 15. The van der Waals surface area contributed by atoms with Crippen LogP contribution in [0.3, 0.4) is 0 Å². The van der Waals surface area contributed by atoms with Gasteiger partial charge >= 0.3 is 0 Å². The summed E-state index contributed by atoms with van der Waals surface area (Å²) in [6.07, 6.45) is 2.71. The number of nitrogens with one attached hydrogen (secondary N) is 2. The maximum Gasteiger partial charge on any atom is 0.288 e. The quantitative estimate of drug-likeness (QED) is 0.119. The summed E-state index contributed by atoms with van der Waals surface area (Å²) < 4.78 is 29.4. The van der Waals surface area contributed by atoms with E-state index in [4.69, 9.17) is 9.25 Å². The zero-order chi connectivity index (χ0) is 30.7. The first-order valence-corrected chi connectivity index (χ1v) is 15.5. The lowest BCUT2D eigenvalue weighted by molar-refractivity contribution is -0.182. The van der Waals surface area contributed by atoms with Crippen molar-refractivity contribution in [2.45, 2.75) is 24.3 Å². The molecule has 1 heterocycles. The lowest BCUT2D eigenvalue weighted by Crippen LogP contribution is -2.43. The molecule has 3 aromatic carbocycles. The summed E-state index contributed by atoms with van der Waals surface area (Å²) in [5, 5.41) is 6.42. The van der Waals surface area contributed by atoms with E-state index < -0.39 is 21.7 Å². The third-order valence-electron chi connectivity index (χ3n) is 6.64. The molecule has 0 saturated heterocycles. The van der Waals surface area contributed by atoms with Crippen LogP contribution in [0.25, 0.3) is 11.3 Å². The second-order valence-corrected chi connectivity index (χ2v) is 11.9. The van der Waals surface area contributed by atoms with E-state index in [9.17, 15) is 22.8 Å². The minimum absolute atomic E-state index is 0.00363. The van der Waals surface area contributed by atoms with Gasteiger partial charge in [-0.3, -0.25) is 19.2 Å². The van der Waals surface area contributed by atoms with Gasteiger partial charge in [0, 0.05) is 11.8 Å². The largest absolute Gasteiger partial charge is 0.451 e. The van der Waals surface area contributed by atoms with E-state index in [0.29, 0.717) is 30.6 Å². The van der Waals surface area contributed by atoms with Crippen LogP contribution in [0, 0.1) is 5.92 Å². The SMILES string of the molecule is CS(=O)(=O)c1cccc(-c2ccc(C(=O)NCNC(=O)[C@H](CCc3ccccc3)CN(C=O)OCc3ccccc3)o2)c1. The van der Waals surface area contributed by atoms with Gasteiger partial charge in [-0.15, -0.1) is 0 Å². The van der Waals surface area contributed by atoms with Gasteiger partial charge in [-0.1, -0.05) is 72.8 Å². The van der Waals surface area contributed by atoms with Crippen molar-refractivity contribution in [3.05, 3.63) is 114 Å². The minimum Gasteiger partial charge on any atom is -0.451 e. The molecule has 224 valence electrons. The van der Waals surface area contributed by atoms with Crippen molar-refractivity contribution in [2.75, 3.05) is 19.5 Å². The van der Waals surface area contributed by atoms with Crippen molar-refractivity contribution in [3.8, 4) is 11.3 Å². The van der Waals surface area contributed by atoms with Gasteiger partial charge in [0.25, 0.3) is 5.91 Å². The number of carbonyl (C=O) groups excluding carboxylic acids is 3. The first kappa shape index (κ1) is 31.2. The monoisotopic (exact) mass is 603 g/mol. The van der Waals surface area contributed by atoms with Crippen molar-refractivity contribution in [1.82, 2.24) is 15.7 Å². The summed E-state index contributed by atoms with van der Waals surface area (Å²) in [5.74, 6) is -1.21. The van der Waals surface area contributed by atoms with Crippen molar-refractivity contribution in [3.63, 3.8) is 0 Å². The van der Waals surface area contributed by atoms with E-state index in [-0.39, 0.29) is 36.4 Å². The zero-order valence-electron chi connectivity index (χ0n) is 23.6. The number of sulfone groups is 1. The Morgan fingerprint density at radius 1 is 0.907 bits per heavy atom. The molecule has 1 atom stereocenters. The molecule has 4 aromatic rings. The van der Waals surface area contributed by atoms with Crippen LogP contribution in [0.2, 0.25) is 0 Å². The highest BCUT2D eigenvalue weighted by atomic mass is 32.2. The Balaban J connectivity index is 1.35. The second kappa shape index (κ2) is 14.9. The third kappa shape index (κ3) is 9.38. The molecule has 0 saturated carbocycles. The Bertz CT molecular complexity index is 1620. The molecule has 4 rings (SSSR count). The fraction of sp³-hybridized carbons (Fsp3) is 0.219. The highest BCUT2D eigenvalue weighted by Crippen LogP contribution is 2.24. The molecule has 0 aliphatic rings. The smallest absolute Gasteiger partial charge is 0.288 e. The lowest BCUT2D eigenvalue weighted by Gasteiger charge is -2.23. The maximum absolute atomic E-state index is 13.2. The predicted molar refractivity (Wildman–Crippen MR) is 160 cm³/mol. The van der Waals surface area contributed by atoms with Gasteiger partial charge in [-0.25, -0.2) is 13.5 Å². The number of hydrogen-bond donors (Lipinski definition) is 2. The van der Waals surface area contributed by atoms with Crippen LogP contribution in [0.1, 0.15) is 28.1 Å². The van der Waals surface area contributed by atoms with Crippen LogP contribution in [-0.4, -0.2) is 51.2 Å². The molecule has 0 spiro atoms. The molecule has 43 heavy (non-hydrogen) atoms. The van der Waals surface area contributed by atoms with Gasteiger partial charge in [0.05, 0.1) is 24.0 Å². The van der Waals surface area contributed by atoms with Crippen LogP contribution in [0.5, 0.6) is 0 Å². The molecule has 0 aliphatic heterocycles. The molecule has 2 N–H and O–H groups in total. The fourth-order valence-electron chi connectivity index (χ4n) is 4.30. The van der Waals surface area contributed by atoms with Crippen LogP contribution < -0.4 is 10.6 Å². The Labute approximate surface area is 250 Å². The van der Waals surface area contributed by atoms with Gasteiger partial charge in [0.1, 0.15) is 12.4 Å². The molecule has 0 bridgehead atoms. The Morgan fingerprint density at radius 2 is 1.60 bits per heavy atom. The van der Waals surface area contributed by atoms with E-state index in [1.165, 1.54) is 18.2 Å². The number of carbonyl (C=O) groups is 3. The summed E-state index contributed by atoms with van der Waals surface area (Å²) in [5.41, 5.74) is 2.43. The number of hydrogen-bond acceptors (Lipinski definition) is 7. The van der Waals surface area contributed by atoms with Crippen LogP contribution in [-0.2, 0) is 37.3 Å². The van der Waals surface area contributed by atoms with Crippen LogP contribution >= 0.6 is 0 Å². The molecule has 0 fully saturated rings. The fourth-order valence-corrected chi connectivity index (χ4v) is 4.97. The molecule has 0 aliphatic carbocycles. The van der Waals surface area contributed by atoms with Gasteiger partial charge in [-0.2, -0.15) is 0 Å². The van der Waals surface area contributed by atoms with E-state index in [0.717, 1.165) is 22.4 Å². The summed E-state index contributed by atoms with van der Waals surface area (Å²) in [4.78, 5) is 43.4. The molecule has 10 nitrogen and oxygen atoms in total. The summed E-state index contributed by atoms with van der Waals surface area (Å²) in [7, 11) is -3.41. The van der Waals surface area contributed by atoms with E-state index in [1.54, 1.807) is 18.2 Å². The Kier molecular flexibility index (Phi) is 10.8. The average Bonchev–Trinajstić information content (AvgIpc) is 3.52. The van der Waals surface area contributed by atoms with Gasteiger partial charge in [0.2, 0.25) is 12.3 Å². The third-order valence-corrected chi connectivity index (χ3v) is 7.75. The Morgan fingerprint density at radius 3 is 2.28 bits per heavy atom. The normalized spacial score (nSPS) is 11.8. The van der Waals surface area contributed by atoms with E-state index in [1.807, 2.05) is 60.7 Å². The average molecular weight is 604 g/mol.